The van der Waals surface area contributed by atoms with Crippen LogP contribution in [-0.2, 0) is 6.18 Å². The molecule has 0 unspecified atom stereocenters. The first-order valence-electron chi connectivity index (χ1n) is 5.58. The summed E-state index contributed by atoms with van der Waals surface area (Å²) in [5, 5.41) is 3.89. The van der Waals surface area contributed by atoms with Crippen molar-refractivity contribution in [3.05, 3.63) is 41.7 Å². The first-order chi connectivity index (χ1) is 8.97. The summed E-state index contributed by atoms with van der Waals surface area (Å²) >= 11 is 0. The van der Waals surface area contributed by atoms with E-state index in [1.165, 1.54) is 0 Å². The summed E-state index contributed by atoms with van der Waals surface area (Å²) in [5.74, 6) is 0.113. The van der Waals surface area contributed by atoms with Crippen molar-refractivity contribution in [2.45, 2.75) is 13.1 Å². The third-order valence-electron chi connectivity index (χ3n) is 2.94. The first-order valence-corrected chi connectivity index (χ1v) is 5.58. The minimum absolute atomic E-state index is 0.113. The van der Waals surface area contributed by atoms with E-state index < -0.39 is 11.9 Å². The Morgan fingerprint density at radius 2 is 1.95 bits per heavy atom. The smallest absolute Gasteiger partial charge is 0.358 e. The quantitative estimate of drug-likeness (QED) is 0.718. The van der Waals surface area contributed by atoms with Crippen molar-refractivity contribution in [3.63, 3.8) is 0 Å². The molecule has 3 rings (SSSR count). The van der Waals surface area contributed by atoms with Crippen LogP contribution < -0.4 is 0 Å². The summed E-state index contributed by atoms with van der Waals surface area (Å²) in [6.45, 7) is 1.78. The standard InChI is InChI=1S/C13H9F3N2O/c1-7-12(8-4-2-3-5-9(8)17-7)10-6-11(18-19-10)13(14,15)16/h2-6,17H,1H3. The van der Waals surface area contributed by atoms with Crippen molar-refractivity contribution in [3.8, 4) is 11.3 Å². The molecule has 0 radical (unpaired) electrons. The molecule has 6 heteroatoms. The molecular weight excluding hydrogens is 257 g/mol. The van der Waals surface area contributed by atoms with Crippen LogP contribution in [0.3, 0.4) is 0 Å². The summed E-state index contributed by atoms with van der Waals surface area (Å²) in [7, 11) is 0. The number of aromatic amines is 1. The Kier molecular flexibility index (Phi) is 2.41. The highest BCUT2D eigenvalue weighted by atomic mass is 19.4. The summed E-state index contributed by atoms with van der Waals surface area (Å²) in [4.78, 5) is 3.10. The Morgan fingerprint density at radius 1 is 1.21 bits per heavy atom. The van der Waals surface area contributed by atoms with E-state index in [-0.39, 0.29) is 5.76 Å². The molecule has 0 aliphatic heterocycles. The molecule has 0 atom stereocenters. The number of hydrogen-bond acceptors (Lipinski definition) is 2. The molecule has 2 heterocycles. The third kappa shape index (κ3) is 1.89. The Morgan fingerprint density at radius 3 is 2.63 bits per heavy atom. The lowest BCUT2D eigenvalue weighted by atomic mass is 10.1. The highest BCUT2D eigenvalue weighted by Crippen LogP contribution is 2.36. The lowest BCUT2D eigenvalue weighted by Crippen LogP contribution is -2.04. The van der Waals surface area contributed by atoms with Crippen LogP contribution in [0.25, 0.3) is 22.2 Å². The largest absolute Gasteiger partial charge is 0.436 e. The molecule has 0 fully saturated rings. The minimum atomic E-state index is -4.50. The summed E-state index contributed by atoms with van der Waals surface area (Å²) in [5.41, 5.74) is 1.18. The van der Waals surface area contributed by atoms with Crippen LogP contribution in [0.15, 0.2) is 34.9 Å². The lowest BCUT2D eigenvalue weighted by Gasteiger charge is -1.97. The SMILES string of the molecule is Cc1[nH]c2ccccc2c1-c1cc(C(F)(F)F)no1. The van der Waals surface area contributed by atoms with Crippen molar-refractivity contribution in [2.24, 2.45) is 0 Å². The average Bonchev–Trinajstić information content (AvgIpc) is 2.90. The van der Waals surface area contributed by atoms with E-state index in [0.29, 0.717) is 5.56 Å². The fourth-order valence-corrected chi connectivity index (χ4v) is 2.12. The number of nitrogens with zero attached hydrogens (tertiary/aromatic N) is 1. The molecule has 0 bridgehead atoms. The molecule has 1 aromatic carbocycles. The maximum Gasteiger partial charge on any atom is 0.436 e. The number of aryl methyl sites for hydroxylation is 1. The van der Waals surface area contributed by atoms with E-state index >= 15 is 0 Å². The van der Waals surface area contributed by atoms with Gasteiger partial charge in [0.15, 0.2) is 11.5 Å². The van der Waals surface area contributed by atoms with Gasteiger partial charge in [-0.15, -0.1) is 0 Å². The topological polar surface area (TPSA) is 41.8 Å². The molecular formula is C13H9F3N2O. The normalized spacial score (nSPS) is 12.2. The van der Waals surface area contributed by atoms with E-state index in [4.69, 9.17) is 4.52 Å². The zero-order valence-corrected chi connectivity index (χ0v) is 9.88. The molecule has 0 amide bonds. The van der Waals surface area contributed by atoms with E-state index in [1.54, 1.807) is 6.92 Å². The second-order valence-corrected chi connectivity index (χ2v) is 4.24. The van der Waals surface area contributed by atoms with Crippen LogP contribution in [0.4, 0.5) is 13.2 Å². The number of rotatable bonds is 1. The van der Waals surface area contributed by atoms with Gasteiger partial charge in [-0.05, 0) is 13.0 Å². The van der Waals surface area contributed by atoms with Crippen molar-refractivity contribution >= 4 is 10.9 Å². The van der Waals surface area contributed by atoms with Gasteiger partial charge < -0.3 is 9.51 Å². The molecule has 3 nitrogen and oxygen atoms in total. The van der Waals surface area contributed by atoms with Gasteiger partial charge in [0.1, 0.15) is 0 Å². The average molecular weight is 266 g/mol. The molecule has 19 heavy (non-hydrogen) atoms. The monoisotopic (exact) mass is 266 g/mol. The Balaban J connectivity index is 2.19. The fraction of sp³-hybridized carbons (Fsp3) is 0.154. The van der Waals surface area contributed by atoms with Crippen LogP contribution >= 0.6 is 0 Å². The number of halogens is 3. The van der Waals surface area contributed by atoms with Gasteiger partial charge in [-0.2, -0.15) is 13.2 Å². The van der Waals surface area contributed by atoms with E-state index in [0.717, 1.165) is 22.7 Å². The number of benzene rings is 1. The molecule has 98 valence electrons. The maximum atomic E-state index is 12.5. The molecule has 0 saturated heterocycles. The molecule has 0 aliphatic rings. The first kappa shape index (κ1) is 11.8. The molecule has 3 aromatic rings. The Labute approximate surface area is 106 Å². The number of H-pyrrole nitrogens is 1. The summed E-state index contributed by atoms with van der Waals surface area (Å²) in [6.07, 6.45) is -4.50. The van der Waals surface area contributed by atoms with E-state index in [1.807, 2.05) is 24.3 Å². The van der Waals surface area contributed by atoms with Crippen LogP contribution in [0.5, 0.6) is 0 Å². The molecule has 0 saturated carbocycles. The van der Waals surface area contributed by atoms with Crippen LogP contribution in [0.1, 0.15) is 11.4 Å². The van der Waals surface area contributed by atoms with Gasteiger partial charge in [-0.1, -0.05) is 23.4 Å². The van der Waals surface area contributed by atoms with Crippen molar-refractivity contribution in [1.29, 1.82) is 0 Å². The molecule has 0 aliphatic carbocycles. The molecule has 1 N–H and O–H groups in total. The second-order valence-electron chi connectivity index (χ2n) is 4.24. The maximum absolute atomic E-state index is 12.5. The zero-order chi connectivity index (χ0) is 13.6. The Bertz CT molecular complexity index is 740. The van der Waals surface area contributed by atoms with Gasteiger partial charge in [-0.3, -0.25) is 0 Å². The van der Waals surface area contributed by atoms with Crippen LogP contribution in [-0.4, -0.2) is 10.1 Å². The predicted molar refractivity (Wildman–Crippen MR) is 63.5 cm³/mol. The van der Waals surface area contributed by atoms with Gasteiger partial charge in [0, 0.05) is 28.2 Å². The number of nitrogens with one attached hydrogen (secondary N) is 1. The second kappa shape index (κ2) is 3.88. The van der Waals surface area contributed by atoms with Gasteiger partial charge in [0.25, 0.3) is 0 Å². The van der Waals surface area contributed by atoms with Crippen molar-refractivity contribution in [2.75, 3.05) is 0 Å². The van der Waals surface area contributed by atoms with Gasteiger partial charge in [0.05, 0.1) is 0 Å². The van der Waals surface area contributed by atoms with Gasteiger partial charge in [0.2, 0.25) is 0 Å². The number of fused-ring (bicyclic) bond motifs is 1. The summed E-state index contributed by atoms with van der Waals surface area (Å²) in [6, 6.07) is 8.27. The van der Waals surface area contributed by atoms with Crippen molar-refractivity contribution in [1.82, 2.24) is 10.1 Å². The van der Waals surface area contributed by atoms with Crippen LogP contribution in [0, 0.1) is 6.92 Å². The van der Waals surface area contributed by atoms with Gasteiger partial charge >= 0.3 is 6.18 Å². The van der Waals surface area contributed by atoms with Crippen molar-refractivity contribution < 1.29 is 17.7 Å². The third-order valence-corrected chi connectivity index (χ3v) is 2.94. The zero-order valence-electron chi connectivity index (χ0n) is 9.88. The lowest BCUT2D eigenvalue weighted by molar-refractivity contribution is -0.142. The highest BCUT2D eigenvalue weighted by Gasteiger charge is 2.35. The number of para-hydroxylation sites is 1. The van der Waals surface area contributed by atoms with E-state index in [2.05, 4.69) is 10.1 Å². The fourth-order valence-electron chi connectivity index (χ4n) is 2.12. The number of aromatic nitrogens is 2. The van der Waals surface area contributed by atoms with Gasteiger partial charge in [-0.25, -0.2) is 0 Å². The highest BCUT2D eigenvalue weighted by molar-refractivity contribution is 5.96. The predicted octanol–water partition coefficient (Wildman–Crippen LogP) is 4.15. The number of hydrogen-bond donors (Lipinski definition) is 1. The van der Waals surface area contributed by atoms with E-state index in [9.17, 15) is 13.2 Å². The molecule has 0 spiro atoms. The molecule has 2 aromatic heterocycles. The number of alkyl halides is 3. The van der Waals surface area contributed by atoms with Crippen LogP contribution in [0.2, 0.25) is 0 Å². The summed E-state index contributed by atoms with van der Waals surface area (Å²) < 4.78 is 42.4. The Hall–Kier alpha value is -2.24. The minimum Gasteiger partial charge on any atom is -0.358 e.